The molecule has 11 heteroatoms. The second kappa shape index (κ2) is 11.2. The van der Waals surface area contributed by atoms with E-state index in [0.717, 1.165) is 32.1 Å². The number of rotatable bonds is 10. The Morgan fingerprint density at radius 3 is 2.33 bits per heavy atom. The molecule has 3 N–H and O–H groups in total. The lowest BCUT2D eigenvalue weighted by molar-refractivity contribution is -0.134. The molecule has 0 bridgehead atoms. The second-order valence-corrected chi connectivity index (χ2v) is 13.5. The zero-order chi connectivity index (χ0) is 24.0. The Morgan fingerprint density at radius 2 is 1.73 bits per heavy atom. The van der Waals surface area contributed by atoms with E-state index in [4.69, 9.17) is 19.5 Å². The maximum absolute atomic E-state index is 13.4. The highest BCUT2D eigenvalue weighted by Gasteiger charge is 2.49. The summed E-state index contributed by atoms with van der Waals surface area (Å²) in [7, 11) is -6.63. The van der Waals surface area contributed by atoms with Crippen LogP contribution in [0.3, 0.4) is 0 Å². The Hall–Kier alpha value is -1.69. The highest BCUT2D eigenvalue weighted by atomic mass is 32.2. The number of carbonyl (C=O) groups excluding carboxylic acids is 1. The van der Waals surface area contributed by atoms with Crippen molar-refractivity contribution in [2.45, 2.75) is 72.7 Å². The van der Waals surface area contributed by atoms with Crippen molar-refractivity contribution in [1.29, 1.82) is 4.78 Å². The fourth-order valence-corrected chi connectivity index (χ4v) is 8.60. The van der Waals surface area contributed by atoms with Gasteiger partial charge in [-0.25, -0.2) is 22.9 Å². The molecule has 1 saturated carbocycles. The minimum Gasteiger partial charge on any atom is -0.494 e. The molecular formula is C22H34N2O7S2. The van der Waals surface area contributed by atoms with Crippen molar-refractivity contribution < 1.29 is 32.1 Å². The molecule has 1 saturated heterocycles. The number of nitrogens with one attached hydrogen (secondary N) is 2. The first-order chi connectivity index (χ1) is 15.7. The van der Waals surface area contributed by atoms with Gasteiger partial charge in [-0.1, -0.05) is 19.3 Å². The SMILES string of the molecule is N=S(=O)(c1ccc(OCCCCS(=O)(=O)C2CCCCC2)cc1)C1(C(=O)NO)CCOCC1. The van der Waals surface area contributed by atoms with Gasteiger partial charge in [0.05, 0.1) is 27.3 Å². The predicted molar refractivity (Wildman–Crippen MR) is 124 cm³/mol. The Labute approximate surface area is 196 Å². The fourth-order valence-electron chi connectivity index (χ4n) is 4.59. The topological polar surface area (TPSA) is 143 Å². The number of sulfone groups is 1. The Bertz CT molecular complexity index is 996. The van der Waals surface area contributed by atoms with E-state index in [2.05, 4.69) is 0 Å². The Kier molecular flexibility index (Phi) is 8.76. The number of hydrogen-bond donors (Lipinski definition) is 3. The van der Waals surface area contributed by atoms with Crippen LogP contribution in [0.5, 0.6) is 5.75 Å². The molecule has 0 spiro atoms. The molecule has 1 aromatic rings. The average molecular weight is 503 g/mol. The standard InChI is InChI=1S/C22H34N2O7S2/c23-33(29,22(21(25)24-26)12-15-30-16-13-22)20-10-8-18(9-11-20)31-14-4-5-17-32(27,28)19-6-2-1-3-7-19/h8-11,19,23,26H,1-7,12-17H2,(H,24,25). The van der Waals surface area contributed by atoms with Crippen molar-refractivity contribution in [3.8, 4) is 5.75 Å². The molecule has 1 atom stereocenters. The van der Waals surface area contributed by atoms with Crippen molar-refractivity contribution >= 4 is 25.5 Å². The average Bonchev–Trinajstić information content (AvgIpc) is 2.84. The van der Waals surface area contributed by atoms with Crippen LogP contribution in [0.1, 0.15) is 57.8 Å². The summed E-state index contributed by atoms with van der Waals surface area (Å²) >= 11 is 0. The monoisotopic (exact) mass is 502 g/mol. The summed E-state index contributed by atoms with van der Waals surface area (Å²) < 4.78 is 56.3. The van der Waals surface area contributed by atoms with Crippen LogP contribution < -0.4 is 10.2 Å². The quantitative estimate of drug-likeness (QED) is 0.253. The number of hydrogen-bond acceptors (Lipinski definition) is 8. The highest BCUT2D eigenvalue weighted by Crippen LogP contribution is 2.36. The summed E-state index contributed by atoms with van der Waals surface area (Å²) in [5.41, 5.74) is 1.57. The fraction of sp³-hybridized carbons (Fsp3) is 0.682. The van der Waals surface area contributed by atoms with Crippen LogP contribution in [0.2, 0.25) is 0 Å². The van der Waals surface area contributed by atoms with Crippen molar-refractivity contribution in [1.82, 2.24) is 5.48 Å². The van der Waals surface area contributed by atoms with Gasteiger partial charge in [-0.3, -0.25) is 10.0 Å². The molecule has 2 aliphatic rings. The van der Waals surface area contributed by atoms with Gasteiger partial charge >= 0.3 is 0 Å². The first-order valence-corrected chi connectivity index (χ1v) is 14.8. The summed E-state index contributed by atoms with van der Waals surface area (Å²) in [5, 5.41) is 8.98. The lowest BCUT2D eigenvalue weighted by Crippen LogP contribution is -2.54. The number of carbonyl (C=O) groups is 1. The minimum absolute atomic E-state index is 0.0732. The van der Waals surface area contributed by atoms with Gasteiger partial charge in [0, 0.05) is 18.1 Å². The number of amides is 1. The first-order valence-electron chi connectivity index (χ1n) is 11.5. The minimum atomic E-state index is -3.58. The van der Waals surface area contributed by atoms with Gasteiger partial charge in [0.2, 0.25) is 0 Å². The van der Waals surface area contributed by atoms with Gasteiger partial charge in [-0.2, -0.15) is 0 Å². The zero-order valence-electron chi connectivity index (χ0n) is 18.8. The van der Waals surface area contributed by atoms with Crippen LogP contribution in [0.25, 0.3) is 0 Å². The molecule has 1 aliphatic heterocycles. The Morgan fingerprint density at radius 1 is 1.09 bits per heavy atom. The van der Waals surface area contributed by atoms with Crippen LogP contribution in [-0.2, 0) is 29.1 Å². The van der Waals surface area contributed by atoms with E-state index in [0.29, 0.717) is 25.2 Å². The maximum Gasteiger partial charge on any atom is 0.263 e. The molecular weight excluding hydrogens is 468 g/mol. The number of hydroxylamine groups is 1. The van der Waals surface area contributed by atoms with Crippen molar-refractivity contribution in [3.63, 3.8) is 0 Å². The van der Waals surface area contributed by atoms with Crippen molar-refractivity contribution in [3.05, 3.63) is 24.3 Å². The zero-order valence-corrected chi connectivity index (χ0v) is 20.4. The van der Waals surface area contributed by atoms with Gasteiger partial charge in [0.25, 0.3) is 5.91 Å². The summed E-state index contributed by atoms with van der Waals surface area (Å²) in [6.45, 7) is 0.714. The maximum atomic E-state index is 13.4. The second-order valence-electron chi connectivity index (χ2n) is 8.76. The summed E-state index contributed by atoms with van der Waals surface area (Å²) in [5.74, 6) is -0.148. The molecule has 1 aliphatic carbocycles. The molecule has 1 amide bonds. The summed E-state index contributed by atoms with van der Waals surface area (Å²) in [6, 6.07) is 6.18. The molecule has 33 heavy (non-hydrogen) atoms. The van der Waals surface area contributed by atoms with Crippen LogP contribution >= 0.6 is 0 Å². The largest absolute Gasteiger partial charge is 0.494 e. The number of unbranched alkanes of at least 4 members (excludes halogenated alkanes) is 1. The highest BCUT2D eigenvalue weighted by molar-refractivity contribution is 7.94. The van der Waals surface area contributed by atoms with Gasteiger partial charge in [-0.05, 0) is 62.8 Å². The molecule has 0 radical (unpaired) electrons. The molecule has 9 nitrogen and oxygen atoms in total. The van der Waals surface area contributed by atoms with Gasteiger partial charge < -0.3 is 9.47 Å². The molecule has 2 fully saturated rings. The first kappa shape index (κ1) is 25.9. The van der Waals surface area contributed by atoms with E-state index >= 15 is 0 Å². The third-order valence-corrected chi connectivity index (χ3v) is 11.6. The van der Waals surface area contributed by atoms with Gasteiger partial charge in [-0.15, -0.1) is 0 Å². The van der Waals surface area contributed by atoms with E-state index in [-0.39, 0.29) is 42.0 Å². The number of ether oxygens (including phenoxy) is 2. The van der Waals surface area contributed by atoms with Crippen molar-refractivity contribution in [2.24, 2.45) is 0 Å². The summed E-state index contributed by atoms with van der Waals surface area (Å²) in [6.07, 6.45) is 5.95. The van der Waals surface area contributed by atoms with Crippen molar-refractivity contribution in [2.75, 3.05) is 25.6 Å². The molecule has 3 rings (SSSR count). The molecule has 1 heterocycles. The van der Waals surface area contributed by atoms with Crippen LogP contribution in [-0.4, -0.2) is 59.3 Å². The molecule has 1 unspecified atom stereocenters. The van der Waals surface area contributed by atoms with E-state index in [9.17, 15) is 17.4 Å². The number of benzene rings is 1. The smallest absolute Gasteiger partial charge is 0.263 e. The van der Waals surface area contributed by atoms with Crippen LogP contribution in [0, 0.1) is 4.78 Å². The van der Waals surface area contributed by atoms with E-state index in [1.165, 1.54) is 12.1 Å². The van der Waals surface area contributed by atoms with E-state index in [1.54, 1.807) is 17.6 Å². The lowest BCUT2D eigenvalue weighted by atomic mass is 9.98. The van der Waals surface area contributed by atoms with E-state index in [1.807, 2.05) is 0 Å². The van der Waals surface area contributed by atoms with Gasteiger partial charge in [0.1, 0.15) is 10.5 Å². The van der Waals surface area contributed by atoms with Crippen LogP contribution in [0.15, 0.2) is 29.2 Å². The van der Waals surface area contributed by atoms with Gasteiger partial charge in [0.15, 0.2) is 9.84 Å². The lowest BCUT2D eigenvalue weighted by Gasteiger charge is -2.36. The molecule has 186 valence electrons. The third kappa shape index (κ3) is 5.87. The summed E-state index contributed by atoms with van der Waals surface area (Å²) in [4.78, 5) is 12.5. The van der Waals surface area contributed by atoms with Crippen LogP contribution in [0.4, 0.5) is 0 Å². The molecule has 0 aromatic heterocycles. The van der Waals surface area contributed by atoms with E-state index < -0.39 is 30.2 Å². The predicted octanol–water partition coefficient (Wildman–Crippen LogP) is 3.05. The third-order valence-electron chi connectivity index (χ3n) is 6.67. The molecule has 1 aromatic carbocycles. The normalized spacial score (nSPS) is 21.1. The Balaban J connectivity index is 1.54.